The monoisotopic (exact) mass is 268 g/mol. The van der Waals surface area contributed by atoms with Crippen molar-refractivity contribution < 1.29 is 13.2 Å². The number of sulfonamides is 1. The summed E-state index contributed by atoms with van der Waals surface area (Å²) in [6.45, 7) is 0.887. The molecule has 1 heterocycles. The fraction of sp³-hybridized carbons (Fsp3) is 0.333. The Bertz CT molecular complexity index is 567. The van der Waals surface area contributed by atoms with Gasteiger partial charge in [-0.15, -0.1) is 0 Å². The first-order valence-electron chi connectivity index (χ1n) is 5.64. The molecule has 98 valence electrons. The van der Waals surface area contributed by atoms with Crippen molar-refractivity contribution in [3.05, 3.63) is 30.4 Å². The molecule has 1 aromatic carbocycles. The lowest BCUT2D eigenvalue weighted by molar-refractivity contribution is 0.414. The Labute approximate surface area is 107 Å². The number of nitrogens with zero attached hydrogens (tertiary/aromatic N) is 1. The van der Waals surface area contributed by atoms with E-state index < -0.39 is 10.0 Å². The molecular weight excluding hydrogens is 252 g/mol. The molecule has 2 rings (SSSR count). The van der Waals surface area contributed by atoms with E-state index >= 15 is 0 Å². The molecule has 0 unspecified atom stereocenters. The highest BCUT2D eigenvalue weighted by atomic mass is 32.2. The molecule has 0 radical (unpaired) electrons. The smallest absolute Gasteiger partial charge is 0.245 e. The van der Waals surface area contributed by atoms with Crippen molar-refractivity contribution in [1.29, 1.82) is 0 Å². The highest BCUT2D eigenvalue weighted by Gasteiger charge is 2.26. The number of hydrogen-bond acceptors (Lipinski definition) is 4. The molecule has 1 aliphatic rings. The van der Waals surface area contributed by atoms with Gasteiger partial charge in [-0.2, -0.15) is 4.31 Å². The van der Waals surface area contributed by atoms with Crippen LogP contribution in [0.2, 0.25) is 0 Å². The molecule has 5 nitrogen and oxygen atoms in total. The predicted molar refractivity (Wildman–Crippen MR) is 69.9 cm³/mol. The van der Waals surface area contributed by atoms with Gasteiger partial charge in [0.1, 0.15) is 10.6 Å². The van der Waals surface area contributed by atoms with Crippen LogP contribution in [0.15, 0.2) is 35.2 Å². The van der Waals surface area contributed by atoms with E-state index in [9.17, 15) is 8.42 Å². The Morgan fingerprint density at radius 3 is 2.67 bits per heavy atom. The number of ether oxygens (including phenoxy) is 1. The lowest BCUT2D eigenvalue weighted by Crippen LogP contribution is -2.34. The maximum Gasteiger partial charge on any atom is 0.245 e. The summed E-state index contributed by atoms with van der Waals surface area (Å²) in [5.74, 6) is 0.546. The maximum absolute atomic E-state index is 12.4. The van der Waals surface area contributed by atoms with E-state index in [1.165, 1.54) is 23.5 Å². The molecule has 6 heteroatoms. The summed E-state index contributed by atoms with van der Waals surface area (Å²) in [6.07, 6.45) is 4.56. The summed E-state index contributed by atoms with van der Waals surface area (Å²) in [6, 6.07) is 4.61. The van der Waals surface area contributed by atoms with Crippen LogP contribution in [-0.4, -0.2) is 32.9 Å². The Kier molecular flexibility index (Phi) is 3.58. The van der Waals surface area contributed by atoms with Gasteiger partial charge in [-0.1, -0.05) is 12.2 Å². The van der Waals surface area contributed by atoms with Crippen LogP contribution in [-0.2, 0) is 10.0 Å². The molecule has 0 saturated carbocycles. The van der Waals surface area contributed by atoms with Gasteiger partial charge in [0.25, 0.3) is 0 Å². The van der Waals surface area contributed by atoms with Gasteiger partial charge < -0.3 is 10.5 Å². The molecule has 0 atom stereocenters. The Morgan fingerprint density at radius 1 is 1.33 bits per heavy atom. The second-order valence-corrected chi connectivity index (χ2v) is 5.93. The Hall–Kier alpha value is -1.53. The number of anilines is 1. The zero-order valence-electron chi connectivity index (χ0n) is 10.2. The van der Waals surface area contributed by atoms with Gasteiger partial charge in [0.05, 0.1) is 12.8 Å². The first-order valence-corrected chi connectivity index (χ1v) is 7.08. The van der Waals surface area contributed by atoms with Crippen molar-refractivity contribution in [2.45, 2.75) is 11.3 Å². The minimum Gasteiger partial charge on any atom is -0.497 e. The van der Waals surface area contributed by atoms with Gasteiger partial charge in [0.2, 0.25) is 10.0 Å². The van der Waals surface area contributed by atoms with Crippen LogP contribution in [0.25, 0.3) is 0 Å². The third kappa shape index (κ3) is 2.34. The molecule has 2 N–H and O–H groups in total. The molecule has 0 fully saturated rings. The van der Waals surface area contributed by atoms with Crippen LogP contribution in [0, 0.1) is 0 Å². The minimum atomic E-state index is -3.52. The molecule has 0 bridgehead atoms. The van der Waals surface area contributed by atoms with Gasteiger partial charge in [-0.3, -0.25) is 0 Å². The van der Waals surface area contributed by atoms with Crippen molar-refractivity contribution in [3.63, 3.8) is 0 Å². The molecule has 1 aromatic rings. The van der Waals surface area contributed by atoms with Crippen molar-refractivity contribution >= 4 is 15.7 Å². The van der Waals surface area contributed by atoms with Crippen LogP contribution >= 0.6 is 0 Å². The minimum absolute atomic E-state index is 0.138. The summed E-state index contributed by atoms with van der Waals surface area (Å²) >= 11 is 0. The summed E-state index contributed by atoms with van der Waals surface area (Å²) in [5.41, 5.74) is 6.00. The van der Waals surface area contributed by atoms with Gasteiger partial charge >= 0.3 is 0 Å². The first kappa shape index (κ1) is 12.9. The van der Waals surface area contributed by atoms with Crippen LogP contribution < -0.4 is 10.5 Å². The predicted octanol–water partition coefficient (Wildman–Crippen LogP) is 1.23. The fourth-order valence-corrected chi connectivity index (χ4v) is 3.37. The highest BCUT2D eigenvalue weighted by Crippen LogP contribution is 2.27. The normalized spacial score (nSPS) is 16.7. The van der Waals surface area contributed by atoms with Crippen LogP contribution in [0.1, 0.15) is 6.42 Å². The molecule has 0 saturated heterocycles. The molecule has 1 aliphatic heterocycles. The zero-order chi connectivity index (χ0) is 13.2. The molecule has 0 amide bonds. The lowest BCUT2D eigenvalue weighted by atomic mass is 10.3. The third-order valence-electron chi connectivity index (χ3n) is 2.86. The average molecular weight is 268 g/mol. The third-order valence-corrected chi connectivity index (χ3v) is 4.79. The molecule has 18 heavy (non-hydrogen) atoms. The van der Waals surface area contributed by atoms with Crippen LogP contribution in [0.5, 0.6) is 5.75 Å². The molecule has 0 aliphatic carbocycles. The number of methoxy groups -OCH3 is 1. The van der Waals surface area contributed by atoms with Gasteiger partial charge in [0, 0.05) is 19.2 Å². The molecular formula is C12H16N2O3S. The van der Waals surface area contributed by atoms with E-state index in [1.54, 1.807) is 6.07 Å². The highest BCUT2D eigenvalue weighted by molar-refractivity contribution is 7.89. The summed E-state index contributed by atoms with van der Waals surface area (Å²) in [7, 11) is -2.00. The maximum atomic E-state index is 12.4. The average Bonchev–Trinajstić information content (AvgIpc) is 2.39. The van der Waals surface area contributed by atoms with E-state index in [2.05, 4.69) is 0 Å². The summed E-state index contributed by atoms with van der Waals surface area (Å²) in [4.78, 5) is 0.138. The SMILES string of the molecule is COc1ccc(S(=O)(=O)N2CC=CCC2)c(N)c1. The largest absolute Gasteiger partial charge is 0.497 e. The number of rotatable bonds is 3. The second kappa shape index (κ2) is 4.99. The van der Waals surface area contributed by atoms with E-state index in [0.717, 1.165) is 6.42 Å². The second-order valence-electron chi connectivity index (χ2n) is 4.03. The number of benzene rings is 1. The Morgan fingerprint density at radius 2 is 2.11 bits per heavy atom. The van der Waals surface area contributed by atoms with E-state index in [4.69, 9.17) is 10.5 Å². The zero-order valence-corrected chi connectivity index (χ0v) is 11.0. The van der Waals surface area contributed by atoms with Crippen LogP contribution in [0.3, 0.4) is 0 Å². The van der Waals surface area contributed by atoms with E-state index in [-0.39, 0.29) is 10.6 Å². The van der Waals surface area contributed by atoms with Gasteiger partial charge in [-0.05, 0) is 18.6 Å². The van der Waals surface area contributed by atoms with Crippen LogP contribution in [0.4, 0.5) is 5.69 Å². The number of nitrogen functional groups attached to an aromatic ring is 1. The lowest BCUT2D eigenvalue weighted by Gasteiger charge is -2.23. The van der Waals surface area contributed by atoms with E-state index in [0.29, 0.717) is 18.8 Å². The Balaban J connectivity index is 2.38. The molecule has 0 aromatic heterocycles. The quantitative estimate of drug-likeness (QED) is 0.661. The van der Waals surface area contributed by atoms with Crippen molar-refractivity contribution in [1.82, 2.24) is 4.31 Å². The topological polar surface area (TPSA) is 72.6 Å². The van der Waals surface area contributed by atoms with Crippen molar-refractivity contribution in [2.75, 3.05) is 25.9 Å². The van der Waals surface area contributed by atoms with Gasteiger partial charge in [-0.25, -0.2) is 8.42 Å². The summed E-state index contributed by atoms with van der Waals surface area (Å²) in [5, 5.41) is 0. The van der Waals surface area contributed by atoms with Gasteiger partial charge in [0.15, 0.2) is 0 Å². The number of nitrogens with two attached hydrogens (primary N) is 1. The first-order chi connectivity index (χ1) is 8.55. The summed E-state index contributed by atoms with van der Waals surface area (Å²) < 4.78 is 31.2. The van der Waals surface area contributed by atoms with Crippen molar-refractivity contribution in [3.8, 4) is 5.75 Å². The standard InChI is InChI=1S/C12H16N2O3S/c1-17-10-5-6-12(11(13)9-10)18(15,16)14-7-3-2-4-8-14/h2-3,5-6,9H,4,7-8,13H2,1H3. The number of hydrogen-bond donors (Lipinski definition) is 1. The molecule has 0 spiro atoms. The van der Waals surface area contributed by atoms with E-state index in [1.807, 2.05) is 12.2 Å². The fourth-order valence-electron chi connectivity index (χ4n) is 1.87. The van der Waals surface area contributed by atoms with Crippen molar-refractivity contribution in [2.24, 2.45) is 0 Å².